The maximum absolute atomic E-state index is 12.5. The topological polar surface area (TPSA) is 63.2 Å². The maximum atomic E-state index is 12.5. The molecule has 2 aliphatic heterocycles. The van der Waals surface area contributed by atoms with E-state index in [1.54, 1.807) is 0 Å². The molecule has 4 rings (SSSR count). The van der Waals surface area contributed by atoms with Crippen molar-refractivity contribution in [2.75, 3.05) is 26.2 Å². The van der Waals surface area contributed by atoms with Gasteiger partial charge in [-0.2, -0.15) is 0 Å². The highest BCUT2D eigenvalue weighted by molar-refractivity contribution is 5.78. The molecule has 5 nitrogen and oxygen atoms in total. The van der Waals surface area contributed by atoms with Crippen LogP contribution in [-0.4, -0.2) is 49.1 Å². The summed E-state index contributed by atoms with van der Waals surface area (Å²) in [6, 6.07) is 0. The summed E-state index contributed by atoms with van der Waals surface area (Å²) in [5.74, 6) is 1.27. The largest absolute Gasteiger partial charge is 0.462 e. The van der Waals surface area contributed by atoms with E-state index in [9.17, 15) is 9.59 Å². The van der Waals surface area contributed by atoms with Gasteiger partial charge < -0.3 is 15.0 Å². The zero-order valence-electron chi connectivity index (χ0n) is 16.8. The number of nitrogens with two attached hydrogens (primary N) is 1. The molecule has 2 heterocycles. The van der Waals surface area contributed by atoms with Crippen molar-refractivity contribution in [2.24, 2.45) is 23.2 Å². The Kier molecular flexibility index (Phi) is 5.32. The summed E-state index contributed by atoms with van der Waals surface area (Å²) in [7, 11) is 0. The quantitative estimate of drug-likeness (QED) is 0.438. The fraction of sp³-hybridized carbons (Fsp3) is 0.818. The van der Waals surface area contributed by atoms with Gasteiger partial charge in [-0.3, -0.25) is 9.59 Å². The molecule has 2 N–H and O–H groups in total. The van der Waals surface area contributed by atoms with Crippen molar-refractivity contribution in [3.63, 3.8) is 0 Å². The first kappa shape index (κ1) is 19.0. The van der Waals surface area contributed by atoms with Crippen molar-refractivity contribution >= 4 is 11.9 Å². The minimum atomic E-state index is 0.0174. The van der Waals surface area contributed by atoms with Crippen LogP contribution in [0.5, 0.6) is 0 Å². The molecule has 0 aromatic carbocycles. The monoisotopic (exact) mass is 375 g/mol. The standard InChI is InChI=1S/C22H34N2O3/c1-15-6-3-8-22(2)13-19-16(12-18(15)22)17(21(26)27-19)14-23-9-5-11-24-10-4-7-20(24)25/h16-19,23H,1,3-14H2,2H3/p+1/t16-,17-,18+,19+,22-/m0/s1. The Morgan fingerprint density at radius 1 is 1.30 bits per heavy atom. The van der Waals surface area contributed by atoms with Gasteiger partial charge >= 0.3 is 5.97 Å². The molecule has 5 heteroatoms. The first-order valence-corrected chi connectivity index (χ1v) is 11.0. The Morgan fingerprint density at radius 2 is 2.15 bits per heavy atom. The number of carbonyl (C=O) groups is 2. The minimum absolute atomic E-state index is 0.0174. The van der Waals surface area contributed by atoms with E-state index in [-0.39, 0.29) is 23.4 Å². The second-order valence-electron chi connectivity index (χ2n) is 9.55. The highest BCUT2D eigenvalue weighted by Gasteiger charge is 2.55. The average molecular weight is 376 g/mol. The van der Waals surface area contributed by atoms with Crippen LogP contribution < -0.4 is 5.32 Å². The molecule has 4 aliphatic rings. The van der Waals surface area contributed by atoms with Crippen molar-refractivity contribution in [3.8, 4) is 0 Å². The molecule has 5 atom stereocenters. The predicted octanol–water partition coefficient (Wildman–Crippen LogP) is 1.88. The number of rotatable bonds is 6. The lowest BCUT2D eigenvalue weighted by atomic mass is 9.55. The highest BCUT2D eigenvalue weighted by atomic mass is 16.6. The zero-order chi connectivity index (χ0) is 19.0. The fourth-order valence-corrected chi connectivity index (χ4v) is 6.19. The number of amides is 1. The molecule has 2 aliphatic carbocycles. The van der Waals surface area contributed by atoms with Gasteiger partial charge in [0.25, 0.3) is 0 Å². The predicted molar refractivity (Wildman–Crippen MR) is 103 cm³/mol. The van der Waals surface area contributed by atoms with E-state index in [1.165, 1.54) is 18.4 Å². The van der Waals surface area contributed by atoms with Gasteiger partial charge in [0.1, 0.15) is 12.0 Å². The van der Waals surface area contributed by atoms with E-state index in [4.69, 9.17) is 4.74 Å². The number of esters is 1. The summed E-state index contributed by atoms with van der Waals surface area (Å²) in [6.45, 7) is 10.3. The highest BCUT2D eigenvalue weighted by Crippen LogP contribution is 2.56. The van der Waals surface area contributed by atoms with Gasteiger partial charge in [0, 0.05) is 31.8 Å². The average Bonchev–Trinajstić information content (AvgIpc) is 3.15. The number of fused-ring (bicyclic) bond motifs is 2. The number of hydrogen-bond donors (Lipinski definition) is 1. The van der Waals surface area contributed by atoms with Crippen LogP contribution in [0, 0.1) is 23.2 Å². The van der Waals surface area contributed by atoms with E-state index in [0.717, 1.165) is 58.3 Å². The molecule has 27 heavy (non-hydrogen) atoms. The number of quaternary nitrogens is 1. The Hall–Kier alpha value is -1.36. The molecule has 0 bridgehead atoms. The van der Waals surface area contributed by atoms with Crippen LogP contribution in [0.25, 0.3) is 0 Å². The first-order valence-electron chi connectivity index (χ1n) is 11.0. The van der Waals surface area contributed by atoms with Gasteiger partial charge in [-0.25, -0.2) is 0 Å². The van der Waals surface area contributed by atoms with E-state index in [1.807, 2.05) is 4.90 Å². The Labute approximate surface area is 162 Å². The molecule has 150 valence electrons. The van der Waals surface area contributed by atoms with Crippen molar-refractivity contribution in [1.29, 1.82) is 0 Å². The van der Waals surface area contributed by atoms with Gasteiger partial charge in [-0.05, 0) is 49.9 Å². The lowest BCUT2D eigenvalue weighted by Crippen LogP contribution is -2.86. The molecule has 0 spiro atoms. The van der Waals surface area contributed by atoms with Crippen LogP contribution in [0.15, 0.2) is 12.2 Å². The van der Waals surface area contributed by atoms with Gasteiger partial charge in [-0.15, -0.1) is 0 Å². The van der Waals surface area contributed by atoms with Crippen LogP contribution in [-0.2, 0) is 14.3 Å². The van der Waals surface area contributed by atoms with Crippen molar-refractivity contribution in [3.05, 3.63) is 12.2 Å². The van der Waals surface area contributed by atoms with Crippen molar-refractivity contribution in [2.45, 2.75) is 64.4 Å². The second-order valence-corrected chi connectivity index (χ2v) is 9.55. The van der Waals surface area contributed by atoms with Crippen LogP contribution in [0.3, 0.4) is 0 Å². The van der Waals surface area contributed by atoms with Gasteiger partial charge in [0.2, 0.25) is 5.91 Å². The number of allylic oxidation sites excluding steroid dienone is 1. The third-order valence-electron chi connectivity index (χ3n) is 7.75. The summed E-state index contributed by atoms with van der Waals surface area (Å²) >= 11 is 0. The molecular weight excluding hydrogens is 340 g/mol. The molecule has 2 saturated carbocycles. The summed E-state index contributed by atoms with van der Waals surface area (Å²) in [6.07, 6.45) is 8.55. The lowest BCUT2D eigenvalue weighted by molar-refractivity contribution is -0.659. The molecular formula is C22H35N2O3+. The van der Waals surface area contributed by atoms with E-state index in [0.29, 0.717) is 24.2 Å². The summed E-state index contributed by atoms with van der Waals surface area (Å²) in [4.78, 5) is 26.2. The Morgan fingerprint density at radius 3 is 2.93 bits per heavy atom. The molecule has 4 fully saturated rings. The number of likely N-dealkylation sites (tertiary alicyclic amines) is 1. The SMILES string of the molecule is C=C1CCC[C@@]2(C)C[C@H]3OC(=O)[C@@H](C[NH2+]CCCN4CCCC4=O)[C@@H]3C[C@H]12. The third kappa shape index (κ3) is 3.67. The first-order chi connectivity index (χ1) is 13.0. The summed E-state index contributed by atoms with van der Waals surface area (Å²) < 4.78 is 5.84. The number of carbonyl (C=O) groups excluding carboxylic acids is 2. The van der Waals surface area contributed by atoms with Crippen LogP contribution in [0.4, 0.5) is 0 Å². The lowest BCUT2D eigenvalue weighted by Gasteiger charge is -2.49. The zero-order valence-corrected chi connectivity index (χ0v) is 16.8. The van der Waals surface area contributed by atoms with Crippen molar-refractivity contribution in [1.82, 2.24) is 4.90 Å². The normalized spacial score (nSPS) is 38.7. The molecule has 1 amide bonds. The Bertz CT molecular complexity index is 619. The summed E-state index contributed by atoms with van der Waals surface area (Å²) in [5, 5.41) is 2.26. The molecule has 2 saturated heterocycles. The minimum Gasteiger partial charge on any atom is -0.462 e. The smallest absolute Gasteiger partial charge is 0.315 e. The number of nitrogens with zero attached hydrogens (tertiary/aromatic N) is 1. The van der Waals surface area contributed by atoms with Crippen LogP contribution in [0.2, 0.25) is 0 Å². The molecule has 0 aromatic heterocycles. The van der Waals surface area contributed by atoms with E-state index < -0.39 is 0 Å². The fourth-order valence-electron chi connectivity index (χ4n) is 6.19. The maximum Gasteiger partial charge on any atom is 0.315 e. The van der Waals surface area contributed by atoms with Crippen molar-refractivity contribution < 1.29 is 19.6 Å². The van der Waals surface area contributed by atoms with Gasteiger partial charge in [0.15, 0.2) is 0 Å². The van der Waals surface area contributed by atoms with Gasteiger partial charge in [-0.1, -0.05) is 19.1 Å². The number of ether oxygens (including phenoxy) is 1. The van der Waals surface area contributed by atoms with Crippen LogP contribution >= 0.6 is 0 Å². The Balaban J connectivity index is 1.28. The van der Waals surface area contributed by atoms with Crippen LogP contribution in [0.1, 0.15) is 58.3 Å². The molecule has 0 unspecified atom stereocenters. The molecule has 0 radical (unpaired) electrons. The van der Waals surface area contributed by atoms with E-state index >= 15 is 0 Å². The number of hydrogen-bond acceptors (Lipinski definition) is 3. The third-order valence-corrected chi connectivity index (χ3v) is 7.75. The molecule has 0 aromatic rings. The second kappa shape index (κ2) is 7.57. The summed E-state index contributed by atoms with van der Waals surface area (Å²) in [5.41, 5.74) is 1.68. The van der Waals surface area contributed by atoms with Gasteiger partial charge in [0.05, 0.1) is 13.1 Å². The van der Waals surface area contributed by atoms with E-state index in [2.05, 4.69) is 18.8 Å².